The second-order valence-corrected chi connectivity index (χ2v) is 6.49. The number of fused-ring (bicyclic) bond motifs is 1. The lowest BCUT2D eigenvalue weighted by Gasteiger charge is -2.35. The van der Waals surface area contributed by atoms with E-state index in [0.717, 1.165) is 11.3 Å². The Morgan fingerprint density at radius 2 is 2.04 bits per heavy atom. The summed E-state index contributed by atoms with van der Waals surface area (Å²) in [6.45, 7) is 1.83. The third-order valence-electron chi connectivity index (χ3n) is 4.58. The van der Waals surface area contributed by atoms with Gasteiger partial charge in [0.05, 0.1) is 22.6 Å². The fourth-order valence-corrected chi connectivity index (χ4v) is 3.61. The number of hydrogen-bond acceptors (Lipinski definition) is 5. The topological polar surface area (TPSA) is 68.5 Å². The second kappa shape index (κ2) is 6.90. The highest BCUT2D eigenvalue weighted by molar-refractivity contribution is 6.31. The first-order valence-corrected chi connectivity index (χ1v) is 8.66. The predicted octanol–water partition coefficient (Wildman–Crippen LogP) is 4.37. The van der Waals surface area contributed by atoms with Gasteiger partial charge in [-0.25, -0.2) is 0 Å². The van der Waals surface area contributed by atoms with Gasteiger partial charge in [0.25, 0.3) is 5.69 Å². The Hall–Kier alpha value is -2.70. The number of rotatable bonds is 3. The van der Waals surface area contributed by atoms with Crippen LogP contribution in [-0.4, -0.2) is 29.6 Å². The molecule has 2 aromatic carbocycles. The predicted molar refractivity (Wildman–Crippen MR) is 101 cm³/mol. The molecule has 0 N–H and O–H groups in total. The molecule has 1 aliphatic heterocycles. The number of anilines is 1. The van der Waals surface area contributed by atoms with E-state index in [1.165, 1.54) is 0 Å². The summed E-state index contributed by atoms with van der Waals surface area (Å²) >= 11 is 6.32. The summed E-state index contributed by atoms with van der Waals surface area (Å²) in [7, 11) is 0. The van der Waals surface area contributed by atoms with E-state index in [1.807, 2.05) is 24.3 Å². The van der Waals surface area contributed by atoms with Crippen LogP contribution < -0.4 is 4.90 Å². The van der Waals surface area contributed by atoms with Crippen molar-refractivity contribution in [3.8, 4) is 0 Å². The lowest BCUT2D eigenvalue weighted by molar-refractivity contribution is -0.383. The van der Waals surface area contributed by atoms with Gasteiger partial charge in [-0.3, -0.25) is 15.1 Å². The highest BCUT2D eigenvalue weighted by atomic mass is 35.5. The van der Waals surface area contributed by atoms with Crippen molar-refractivity contribution < 1.29 is 9.66 Å². The van der Waals surface area contributed by atoms with Gasteiger partial charge in [-0.2, -0.15) is 0 Å². The SMILES string of the molecule is O=[N+]([O-])c1ccc(N2CCOC(c3ccccc3Cl)C2)c2ncccc12. The first-order valence-electron chi connectivity index (χ1n) is 8.28. The molecule has 1 unspecified atom stereocenters. The first kappa shape index (κ1) is 16.8. The molecule has 0 aliphatic carbocycles. The molecule has 1 aromatic heterocycles. The van der Waals surface area contributed by atoms with Crippen molar-refractivity contribution in [2.75, 3.05) is 24.6 Å². The minimum absolute atomic E-state index is 0.0627. The normalized spacial score (nSPS) is 17.4. The van der Waals surface area contributed by atoms with Crippen molar-refractivity contribution in [1.29, 1.82) is 0 Å². The Kier molecular flexibility index (Phi) is 4.44. The van der Waals surface area contributed by atoms with E-state index in [4.69, 9.17) is 16.3 Å². The van der Waals surface area contributed by atoms with Gasteiger partial charge in [0.1, 0.15) is 11.6 Å². The summed E-state index contributed by atoms with van der Waals surface area (Å²) in [4.78, 5) is 17.5. The monoisotopic (exact) mass is 369 g/mol. The first-order chi connectivity index (χ1) is 12.6. The van der Waals surface area contributed by atoms with Gasteiger partial charge in [-0.15, -0.1) is 0 Å². The lowest BCUT2D eigenvalue weighted by Crippen LogP contribution is -2.38. The van der Waals surface area contributed by atoms with Gasteiger partial charge < -0.3 is 9.64 Å². The largest absolute Gasteiger partial charge is 0.370 e. The summed E-state index contributed by atoms with van der Waals surface area (Å²) in [6.07, 6.45) is 1.49. The van der Waals surface area contributed by atoms with Crippen LogP contribution in [0.5, 0.6) is 0 Å². The number of ether oxygens (including phenoxy) is 1. The third kappa shape index (κ3) is 2.98. The number of nitrogens with zero attached hydrogens (tertiary/aromatic N) is 3. The molecule has 0 amide bonds. The number of hydrogen-bond donors (Lipinski definition) is 0. The van der Waals surface area contributed by atoms with Crippen molar-refractivity contribution in [3.63, 3.8) is 0 Å². The summed E-state index contributed by atoms with van der Waals surface area (Å²) < 4.78 is 5.92. The minimum Gasteiger partial charge on any atom is -0.370 e. The number of non-ortho nitro benzene ring substituents is 1. The summed E-state index contributed by atoms with van der Waals surface area (Å²) in [6, 6.07) is 14.4. The lowest BCUT2D eigenvalue weighted by atomic mass is 10.1. The van der Waals surface area contributed by atoms with Gasteiger partial charge in [0, 0.05) is 35.9 Å². The Morgan fingerprint density at radius 3 is 2.85 bits per heavy atom. The van der Waals surface area contributed by atoms with E-state index in [1.54, 1.807) is 30.5 Å². The van der Waals surface area contributed by atoms with Crippen LogP contribution in [0.4, 0.5) is 11.4 Å². The third-order valence-corrected chi connectivity index (χ3v) is 4.93. The quantitative estimate of drug-likeness (QED) is 0.506. The Bertz CT molecular complexity index is 979. The average Bonchev–Trinajstić information content (AvgIpc) is 2.67. The van der Waals surface area contributed by atoms with Crippen molar-refractivity contribution in [2.45, 2.75) is 6.10 Å². The zero-order valence-corrected chi connectivity index (χ0v) is 14.6. The van der Waals surface area contributed by atoms with Crippen molar-refractivity contribution >= 4 is 33.9 Å². The van der Waals surface area contributed by atoms with Crippen LogP contribution in [-0.2, 0) is 4.74 Å². The molecule has 1 fully saturated rings. The summed E-state index contributed by atoms with van der Waals surface area (Å²) in [5.41, 5.74) is 2.50. The van der Waals surface area contributed by atoms with Gasteiger partial charge in [0.2, 0.25) is 0 Å². The van der Waals surface area contributed by atoms with Gasteiger partial charge >= 0.3 is 0 Å². The summed E-state index contributed by atoms with van der Waals surface area (Å²) in [5, 5.41) is 12.5. The van der Waals surface area contributed by atoms with Crippen molar-refractivity contribution in [1.82, 2.24) is 4.98 Å². The zero-order chi connectivity index (χ0) is 18.1. The molecular formula is C19H16ClN3O3. The van der Waals surface area contributed by atoms with E-state index in [0.29, 0.717) is 35.6 Å². The molecule has 1 saturated heterocycles. The molecule has 0 spiro atoms. The molecule has 3 aromatic rings. The standard InChI is InChI=1S/C19H16ClN3O3/c20-15-6-2-1-4-13(15)18-12-22(10-11-26-18)17-8-7-16(23(24)25)14-5-3-9-21-19(14)17/h1-9,18H,10-12H2. The van der Waals surface area contributed by atoms with Gasteiger partial charge in [-0.05, 0) is 24.3 Å². The fraction of sp³-hybridized carbons (Fsp3) is 0.211. The van der Waals surface area contributed by atoms with Gasteiger partial charge in [0.15, 0.2) is 0 Å². The van der Waals surface area contributed by atoms with Crippen molar-refractivity contribution in [3.05, 3.63) is 75.4 Å². The van der Waals surface area contributed by atoms with Crippen LogP contribution in [0.3, 0.4) is 0 Å². The molecular weight excluding hydrogens is 354 g/mol. The molecule has 7 heteroatoms. The Morgan fingerprint density at radius 1 is 1.19 bits per heavy atom. The van der Waals surface area contributed by atoms with E-state index < -0.39 is 0 Å². The molecule has 2 heterocycles. The average molecular weight is 370 g/mol. The molecule has 1 aliphatic rings. The van der Waals surface area contributed by atoms with Crippen molar-refractivity contribution in [2.24, 2.45) is 0 Å². The summed E-state index contributed by atoms with van der Waals surface area (Å²) in [5.74, 6) is 0. The molecule has 132 valence electrons. The number of halogens is 1. The van der Waals surface area contributed by atoms with Crippen LogP contribution in [0.1, 0.15) is 11.7 Å². The molecule has 0 bridgehead atoms. The Labute approximate surface area is 155 Å². The van der Waals surface area contributed by atoms with Crippen LogP contribution in [0.2, 0.25) is 5.02 Å². The highest BCUT2D eigenvalue weighted by Gasteiger charge is 2.26. The molecule has 6 nitrogen and oxygen atoms in total. The van der Waals surface area contributed by atoms with E-state index in [9.17, 15) is 10.1 Å². The maximum absolute atomic E-state index is 11.3. The maximum atomic E-state index is 11.3. The number of nitro groups is 1. The van der Waals surface area contributed by atoms with E-state index in [-0.39, 0.29) is 16.7 Å². The number of pyridine rings is 1. The molecule has 26 heavy (non-hydrogen) atoms. The van der Waals surface area contributed by atoms with Gasteiger partial charge in [-0.1, -0.05) is 29.8 Å². The molecule has 0 saturated carbocycles. The molecule has 1 atom stereocenters. The number of morpholine rings is 1. The van der Waals surface area contributed by atoms with Crippen LogP contribution >= 0.6 is 11.6 Å². The fourth-order valence-electron chi connectivity index (χ4n) is 3.35. The number of nitro benzene ring substituents is 1. The van der Waals surface area contributed by atoms with E-state index in [2.05, 4.69) is 9.88 Å². The molecule has 0 radical (unpaired) electrons. The smallest absolute Gasteiger partial charge is 0.278 e. The maximum Gasteiger partial charge on any atom is 0.278 e. The van der Waals surface area contributed by atoms with E-state index >= 15 is 0 Å². The number of benzene rings is 2. The van der Waals surface area contributed by atoms with Crippen LogP contribution in [0.15, 0.2) is 54.7 Å². The highest BCUT2D eigenvalue weighted by Crippen LogP contribution is 2.35. The molecule has 4 rings (SSSR count). The Balaban J connectivity index is 1.73. The van der Waals surface area contributed by atoms with Crippen LogP contribution in [0, 0.1) is 10.1 Å². The van der Waals surface area contributed by atoms with Crippen LogP contribution in [0.25, 0.3) is 10.9 Å². The zero-order valence-electron chi connectivity index (χ0n) is 13.8. The second-order valence-electron chi connectivity index (χ2n) is 6.09. The number of aromatic nitrogens is 1. The minimum atomic E-state index is -0.375.